The summed E-state index contributed by atoms with van der Waals surface area (Å²) >= 11 is 0. The zero-order valence-corrected chi connectivity index (χ0v) is 16.0. The van der Waals surface area contributed by atoms with Gasteiger partial charge in [0.05, 0.1) is 4.90 Å². The van der Waals surface area contributed by atoms with Crippen molar-refractivity contribution >= 4 is 21.6 Å². The van der Waals surface area contributed by atoms with Crippen molar-refractivity contribution in [3.8, 4) is 5.75 Å². The van der Waals surface area contributed by atoms with E-state index in [1.54, 1.807) is 18.2 Å². The zero-order valence-electron chi connectivity index (χ0n) is 15.2. The molecule has 1 atom stereocenters. The van der Waals surface area contributed by atoms with Crippen LogP contribution < -0.4 is 10.1 Å². The van der Waals surface area contributed by atoms with Crippen molar-refractivity contribution in [2.45, 2.75) is 36.6 Å². The van der Waals surface area contributed by atoms with E-state index in [1.807, 2.05) is 0 Å². The molecule has 2 aromatic rings. The monoisotopic (exact) mass is 428 g/mol. The third-order valence-corrected chi connectivity index (χ3v) is 6.38. The van der Waals surface area contributed by atoms with Gasteiger partial charge >= 0.3 is 6.36 Å². The minimum atomic E-state index is -4.81. The maximum atomic E-state index is 13.0. The van der Waals surface area contributed by atoms with Gasteiger partial charge < -0.3 is 10.1 Å². The molecule has 0 bridgehead atoms. The molecule has 2 aromatic carbocycles. The average Bonchev–Trinajstić information content (AvgIpc) is 2.69. The van der Waals surface area contributed by atoms with Crippen molar-refractivity contribution in [3.05, 3.63) is 54.6 Å². The van der Waals surface area contributed by atoms with Gasteiger partial charge in [-0.25, -0.2) is 8.42 Å². The van der Waals surface area contributed by atoms with Crippen LogP contribution in [0, 0.1) is 0 Å². The summed E-state index contributed by atoms with van der Waals surface area (Å²) in [5, 5.41) is 2.57. The number of nitrogens with one attached hydrogen (secondary N) is 1. The summed E-state index contributed by atoms with van der Waals surface area (Å²) in [5.41, 5.74) is 0.243. The van der Waals surface area contributed by atoms with Crippen molar-refractivity contribution in [1.29, 1.82) is 0 Å². The van der Waals surface area contributed by atoms with E-state index in [4.69, 9.17) is 0 Å². The van der Waals surface area contributed by atoms with Crippen LogP contribution in [0.2, 0.25) is 0 Å². The molecule has 0 spiro atoms. The summed E-state index contributed by atoms with van der Waals surface area (Å²) in [7, 11) is -3.85. The lowest BCUT2D eigenvalue weighted by atomic mass is 10.0. The molecule has 156 valence electrons. The molecule has 1 saturated heterocycles. The van der Waals surface area contributed by atoms with E-state index >= 15 is 0 Å². The van der Waals surface area contributed by atoms with Gasteiger partial charge in [0.15, 0.2) is 0 Å². The van der Waals surface area contributed by atoms with E-state index in [1.165, 1.54) is 28.6 Å². The highest BCUT2D eigenvalue weighted by Gasteiger charge is 2.37. The number of alkyl halides is 3. The first-order valence-electron chi connectivity index (χ1n) is 8.90. The number of sulfonamides is 1. The molecule has 29 heavy (non-hydrogen) atoms. The third-order valence-electron chi connectivity index (χ3n) is 4.46. The minimum absolute atomic E-state index is 0.105. The first kappa shape index (κ1) is 21.1. The van der Waals surface area contributed by atoms with Crippen LogP contribution in [0.1, 0.15) is 19.3 Å². The Morgan fingerprint density at radius 3 is 2.31 bits per heavy atom. The molecular formula is C19H19F3N2O4S. The lowest BCUT2D eigenvalue weighted by molar-refractivity contribution is -0.274. The van der Waals surface area contributed by atoms with Gasteiger partial charge in [-0.2, -0.15) is 4.31 Å². The number of anilines is 1. The Hall–Kier alpha value is -2.59. The van der Waals surface area contributed by atoms with Crippen LogP contribution in [0.4, 0.5) is 18.9 Å². The van der Waals surface area contributed by atoms with Gasteiger partial charge in [-0.05, 0) is 49.2 Å². The van der Waals surface area contributed by atoms with Crippen LogP contribution in [-0.2, 0) is 14.8 Å². The topological polar surface area (TPSA) is 75.7 Å². The summed E-state index contributed by atoms with van der Waals surface area (Å²) in [6, 6.07) is 11.6. The molecule has 0 aromatic heterocycles. The summed E-state index contributed by atoms with van der Waals surface area (Å²) in [4.78, 5) is 12.8. The Bertz CT molecular complexity index is 948. The zero-order chi connectivity index (χ0) is 21.1. The van der Waals surface area contributed by atoms with Crippen LogP contribution in [-0.4, -0.2) is 37.6 Å². The fraction of sp³-hybridized carbons (Fsp3) is 0.316. The van der Waals surface area contributed by atoms with Crippen molar-refractivity contribution in [2.75, 3.05) is 11.9 Å². The standard InChI is InChI=1S/C19H19F3N2O4S/c20-19(21,22)28-15-11-9-14(10-12-15)23-18(25)17-8-4-5-13-24(17)29(26,27)16-6-2-1-3-7-16/h1-3,6-7,9-12,17H,4-5,8,13H2,(H,23,25)/t17-/m0/s1. The van der Waals surface area contributed by atoms with Gasteiger partial charge in [0.25, 0.3) is 0 Å². The molecule has 0 aliphatic carbocycles. The maximum Gasteiger partial charge on any atom is 0.573 e. The van der Waals surface area contributed by atoms with E-state index < -0.39 is 34.1 Å². The Balaban J connectivity index is 1.75. The van der Waals surface area contributed by atoms with Gasteiger partial charge in [0.1, 0.15) is 11.8 Å². The quantitative estimate of drug-likeness (QED) is 0.787. The Morgan fingerprint density at radius 1 is 1.03 bits per heavy atom. The first-order valence-corrected chi connectivity index (χ1v) is 10.3. The van der Waals surface area contributed by atoms with E-state index in [0.717, 1.165) is 12.1 Å². The molecule has 3 rings (SSSR count). The van der Waals surface area contributed by atoms with Crippen LogP contribution in [0.15, 0.2) is 59.5 Å². The predicted octanol–water partition coefficient (Wildman–Crippen LogP) is 3.77. The van der Waals surface area contributed by atoms with Crippen LogP contribution in [0.5, 0.6) is 5.75 Å². The second-order valence-corrected chi connectivity index (χ2v) is 8.39. The first-order chi connectivity index (χ1) is 13.7. The number of hydrogen-bond acceptors (Lipinski definition) is 4. The molecule has 1 aliphatic rings. The number of amides is 1. The SMILES string of the molecule is O=C(Nc1ccc(OC(F)(F)F)cc1)[C@@H]1CCCCN1S(=O)(=O)c1ccccc1. The number of halogens is 3. The third kappa shape index (κ3) is 5.27. The van der Waals surface area contributed by atoms with E-state index in [-0.39, 0.29) is 17.1 Å². The number of ether oxygens (including phenoxy) is 1. The number of carbonyl (C=O) groups excluding carboxylic acids is 1. The number of piperidine rings is 1. The number of carbonyl (C=O) groups is 1. The van der Waals surface area contributed by atoms with Crippen LogP contribution in [0.25, 0.3) is 0 Å². The second kappa shape index (κ2) is 8.42. The van der Waals surface area contributed by atoms with E-state index in [2.05, 4.69) is 10.1 Å². The molecule has 0 unspecified atom stereocenters. The van der Waals surface area contributed by atoms with Gasteiger partial charge in [-0.1, -0.05) is 24.6 Å². The highest BCUT2D eigenvalue weighted by atomic mass is 32.2. The summed E-state index contributed by atoms with van der Waals surface area (Å²) in [6.07, 6.45) is -3.12. The molecule has 0 radical (unpaired) electrons. The van der Waals surface area contributed by atoms with Gasteiger partial charge in [-0.15, -0.1) is 13.2 Å². The fourth-order valence-corrected chi connectivity index (χ4v) is 4.83. The minimum Gasteiger partial charge on any atom is -0.406 e. The fourth-order valence-electron chi connectivity index (χ4n) is 3.15. The molecule has 10 heteroatoms. The van der Waals surface area contributed by atoms with Crippen LogP contribution >= 0.6 is 0 Å². The number of benzene rings is 2. The normalized spacial score (nSPS) is 18.2. The van der Waals surface area contributed by atoms with Crippen molar-refractivity contribution < 1.29 is 31.1 Å². The van der Waals surface area contributed by atoms with Gasteiger partial charge in [0.2, 0.25) is 15.9 Å². The highest BCUT2D eigenvalue weighted by molar-refractivity contribution is 7.89. The Kier molecular flexibility index (Phi) is 6.13. The van der Waals surface area contributed by atoms with E-state index in [9.17, 15) is 26.4 Å². The van der Waals surface area contributed by atoms with Gasteiger partial charge in [-0.3, -0.25) is 4.79 Å². The molecular weight excluding hydrogens is 409 g/mol. The molecule has 1 amide bonds. The molecule has 1 fully saturated rings. The number of nitrogens with zero attached hydrogens (tertiary/aromatic N) is 1. The van der Waals surface area contributed by atoms with Crippen LogP contribution in [0.3, 0.4) is 0 Å². The predicted molar refractivity (Wildman–Crippen MR) is 99.7 cm³/mol. The smallest absolute Gasteiger partial charge is 0.406 e. The van der Waals surface area contributed by atoms with Crippen molar-refractivity contribution in [3.63, 3.8) is 0 Å². The lowest BCUT2D eigenvalue weighted by Crippen LogP contribution is -2.49. The van der Waals surface area contributed by atoms with Crippen molar-refractivity contribution in [2.24, 2.45) is 0 Å². The highest BCUT2D eigenvalue weighted by Crippen LogP contribution is 2.27. The van der Waals surface area contributed by atoms with Crippen molar-refractivity contribution in [1.82, 2.24) is 4.31 Å². The molecule has 1 N–H and O–H groups in total. The number of rotatable bonds is 5. The lowest BCUT2D eigenvalue weighted by Gasteiger charge is -2.33. The maximum absolute atomic E-state index is 13.0. The average molecular weight is 428 g/mol. The second-order valence-electron chi connectivity index (χ2n) is 6.50. The van der Waals surface area contributed by atoms with E-state index in [0.29, 0.717) is 19.3 Å². The summed E-state index contributed by atoms with van der Waals surface area (Å²) in [6.45, 7) is 0.216. The summed E-state index contributed by atoms with van der Waals surface area (Å²) in [5.74, 6) is -0.949. The molecule has 6 nitrogen and oxygen atoms in total. The van der Waals surface area contributed by atoms with Gasteiger partial charge in [0, 0.05) is 12.2 Å². The largest absolute Gasteiger partial charge is 0.573 e. The summed E-state index contributed by atoms with van der Waals surface area (Å²) < 4.78 is 67.6. The molecule has 1 aliphatic heterocycles. The Morgan fingerprint density at radius 2 is 1.69 bits per heavy atom. The Labute approximate surface area is 166 Å². The number of hydrogen-bond donors (Lipinski definition) is 1. The molecule has 0 saturated carbocycles. The molecule has 1 heterocycles.